The molecule has 0 unspecified atom stereocenters. The maximum atomic E-state index is 4.40. The Morgan fingerprint density at radius 1 is 0.463 bits per heavy atom. The number of benzene rings is 9. The maximum absolute atomic E-state index is 4.40. The molecule has 0 heteroatoms. The first-order valence-electron chi connectivity index (χ1n) is 28.5. The summed E-state index contributed by atoms with van der Waals surface area (Å²) in [6, 6.07) is 72.9. The first-order valence-corrected chi connectivity index (χ1v) is 28.5. The number of allylic oxidation sites excluding steroid dienone is 13. The van der Waals surface area contributed by atoms with E-state index in [-0.39, 0.29) is 0 Å². The third kappa shape index (κ3) is 16.7. The van der Waals surface area contributed by atoms with Gasteiger partial charge in [0.2, 0.25) is 0 Å². The Kier molecular flexibility index (Phi) is 23.6. The van der Waals surface area contributed by atoms with E-state index in [0.717, 1.165) is 29.6 Å². The molecule has 0 saturated heterocycles. The van der Waals surface area contributed by atoms with E-state index in [9.17, 15) is 0 Å². The van der Waals surface area contributed by atoms with Crippen molar-refractivity contribution in [1.82, 2.24) is 0 Å². The van der Waals surface area contributed by atoms with E-state index in [0.29, 0.717) is 0 Å². The Morgan fingerprint density at radius 3 is 1.45 bits per heavy atom. The normalized spacial score (nSPS) is 12.0. The van der Waals surface area contributed by atoms with E-state index in [2.05, 4.69) is 299 Å². The minimum Gasteiger partial charge on any atom is -0.0955 e. The minimum atomic E-state index is 0.964. The summed E-state index contributed by atoms with van der Waals surface area (Å²) in [5, 5.41) is 5.23. The second kappa shape index (κ2) is 31.1. The molecule has 404 valence electrons. The fourth-order valence-electron chi connectivity index (χ4n) is 10.0. The number of aryl methyl sites for hydroxylation is 3. The SMILES string of the molecule is C/C=C(\C)c1ccccc1.C=C(/C=C\C(=C(\C)CCc1c2ccccc2c(C(=C)C)c2ccccc12)c1ccccc1C)c1ccccc1C.C=C(C)c1cccc(-c2cccc(-c3ccccc3)c2)c1.CC.CC1=CCCC=C1. The quantitative estimate of drug-likeness (QED) is 0.0845. The summed E-state index contributed by atoms with van der Waals surface area (Å²) in [6.45, 7) is 33.9. The van der Waals surface area contributed by atoms with Crippen LogP contribution in [0, 0.1) is 13.8 Å². The van der Waals surface area contributed by atoms with E-state index >= 15 is 0 Å². The second-order valence-electron chi connectivity index (χ2n) is 20.5. The van der Waals surface area contributed by atoms with E-state index in [1.165, 1.54) is 123 Å². The molecular weight excluding hydrogens is 961 g/mol. The molecule has 1 aliphatic rings. The van der Waals surface area contributed by atoms with Crippen molar-refractivity contribution in [2.24, 2.45) is 0 Å². The number of fused-ring (bicyclic) bond motifs is 2. The monoisotopic (exact) mass is 1040 g/mol. The highest BCUT2D eigenvalue weighted by molar-refractivity contribution is 6.11. The molecule has 80 heavy (non-hydrogen) atoms. The Balaban J connectivity index is 0.000000211. The zero-order chi connectivity index (χ0) is 57.4. The molecule has 0 atom stereocenters. The van der Waals surface area contributed by atoms with Crippen molar-refractivity contribution in [2.75, 3.05) is 0 Å². The predicted molar refractivity (Wildman–Crippen MR) is 359 cm³/mol. The van der Waals surface area contributed by atoms with Gasteiger partial charge in [-0.3, -0.25) is 0 Å². The van der Waals surface area contributed by atoms with Crippen LogP contribution in [0.1, 0.15) is 119 Å². The van der Waals surface area contributed by atoms with Crippen molar-refractivity contribution in [3.8, 4) is 22.3 Å². The first kappa shape index (κ1) is 60.6. The molecule has 10 rings (SSSR count). The van der Waals surface area contributed by atoms with Gasteiger partial charge in [-0.05, 0) is 204 Å². The summed E-state index contributed by atoms with van der Waals surface area (Å²) in [6.07, 6.45) is 17.6. The molecule has 0 radical (unpaired) electrons. The van der Waals surface area contributed by atoms with Crippen molar-refractivity contribution in [2.45, 2.75) is 94.9 Å². The van der Waals surface area contributed by atoms with Gasteiger partial charge in [0, 0.05) is 0 Å². The second-order valence-corrected chi connectivity index (χ2v) is 20.5. The molecule has 1 aliphatic carbocycles. The summed E-state index contributed by atoms with van der Waals surface area (Å²) in [7, 11) is 0. The summed E-state index contributed by atoms with van der Waals surface area (Å²) in [5.74, 6) is 0. The summed E-state index contributed by atoms with van der Waals surface area (Å²) >= 11 is 0. The smallest absolute Gasteiger partial charge is 0.00758 e. The summed E-state index contributed by atoms with van der Waals surface area (Å²) in [4.78, 5) is 0. The zero-order valence-corrected chi connectivity index (χ0v) is 49.5. The third-order valence-electron chi connectivity index (χ3n) is 14.6. The van der Waals surface area contributed by atoms with Crippen LogP contribution in [0.25, 0.3) is 71.7 Å². The third-order valence-corrected chi connectivity index (χ3v) is 14.6. The Morgan fingerprint density at radius 2 is 0.938 bits per heavy atom. The first-order chi connectivity index (χ1) is 38.8. The van der Waals surface area contributed by atoms with Gasteiger partial charge in [0.1, 0.15) is 0 Å². The highest BCUT2D eigenvalue weighted by atomic mass is 14.2. The van der Waals surface area contributed by atoms with Gasteiger partial charge in [0.25, 0.3) is 0 Å². The topological polar surface area (TPSA) is 0 Å². The van der Waals surface area contributed by atoms with E-state index in [1.807, 2.05) is 32.9 Å². The lowest BCUT2D eigenvalue weighted by molar-refractivity contribution is 0.959. The van der Waals surface area contributed by atoms with Gasteiger partial charge in [-0.1, -0.05) is 281 Å². The van der Waals surface area contributed by atoms with E-state index in [4.69, 9.17) is 0 Å². The molecule has 0 N–H and O–H groups in total. The lowest BCUT2D eigenvalue weighted by atomic mass is 9.86. The number of rotatable bonds is 12. The summed E-state index contributed by atoms with van der Waals surface area (Å²) in [5.41, 5.74) is 23.8. The largest absolute Gasteiger partial charge is 0.0955 e. The molecule has 0 spiro atoms. The van der Waals surface area contributed by atoms with Gasteiger partial charge in [-0.15, -0.1) is 0 Å². The molecule has 0 aliphatic heterocycles. The average Bonchev–Trinajstić information content (AvgIpc) is 3.53. The lowest BCUT2D eigenvalue weighted by Crippen LogP contribution is -1.97. The van der Waals surface area contributed by atoms with Crippen LogP contribution in [0.4, 0.5) is 0 Å². The molecule has 0 fully saturated rings. The predicted octanol–water partition coefficient (Wildman–Crippen LogP) is 23.8. The van der Waals surface area contributed by atoms with Crippen LogP contribution in [-0.2, 0) is 6.42 Å². The molecule has 0 aromatic heterocycles. The zero-order valence-electron chi connectivity index (χ0n) is 49.5. The highest BCUT2D eigenvalue weighted by Crippen LogP contribution is 2.38. The van der Waals surface area contributed by atoms with Crippen LogP contribution in [0.2, 0.25) is 0 Å². The van der Waals surface area contributed by atoms with Crippen molar-refractivity contribution >= 4 is 49.4 Å². The van der Waals surface area contributed by atoms with Crippen LogP contribution in [0.3, 0.4) is 0 Å². The van der Waals surface area contributed by atoms with Crippen LogP contribution in [0.15, 0.2) is 274 Å². The molecule has 0 saturated carbocycles. The maximum Gasteiger partial charge on any atom is -0.00758 e. The van der Waals surface area contributed by atoms with Crippen molar-refractivity contribution in [3.05, 3.63) is 318 Å². The van der Waals surface area contributed by atoms with Gasteiger partial charge in [0.15, 0.2) is 0 Å². The van der Waals surface area contributed by atoms with E-state index in [1.54, 1.807) is 0 Å². The van der Waals surface area contributed by atoms with Crippen molar-refractivity contribution in [3.63, 3.8) is 0 Å². The molecular formula is C80H84. The van der Waals surface area contributed by atoms with Gasteiger partial charge in [-0.2, -0.15) is 0 Å². The number of hydrogen-bond acceptors (Lipinski definition) is 0. The Labute approximate surface area is 482 Å². The Hall–Kier alpha value is -8.58. The van der Waals surface area contributed by atoms with E-state index < -0.39 is 0 Å². The van der Waals surface area contributed by atoms with Gasteiger partial charge < -0.3 is 0 Å². The standard InChI is InChI=1S/C40H38.C21H18.C10H12.C7H10.C2H6/c1-27(2)40-38-21-13-11-19-35(38)37(36-20-12-14-22-39(36)40)26-24-31(6)34(33-18-10-8-16-29(33)4)25-23-30(5)32-17-9-7-15-28(32)3;1-16(2)18-10-6-12-20(14-18)21-13-7-11-19(15-21)17-8-4-3-5-9-17;1-3-9(2)10-7-5-4-6-8-10;1-7-5-3-2-4-6-7;1-2/h7-23,25H,1,5,24,26H2,2-4,6H3;3-15H,1H2,2H3;3-8H,1-2H3;3,5-6H,2,4H2,1H3;1-2H3/b25-23-,34-31+;;9-3+;;. The molecule has 0 bridgehead atoms. The van der Waals surface area contributed by atoms with Crippen LogP contribution in [-0.4, -0.2) is 0 Å². The Bertz CT molecular complexity index is 3620. The molecule has 9 aromatic rings. The van der Waals surface area contributed by atoms with Crippen LogP contribution >= 0.6 is 0 Å². The number of hydrogen-bond donors (Lipinski definition) is 0. The summed E-state index contributed by atoms with van der Waals surface area (Å²) < 4.78 is 0. The molecule has 0 amide bonds. The van der Waals surface area contributed by atoms with Gasteiger partial charge >= 0.3 is 0 Å². The van der Waals surface area contributed by atoms with Crippen LogP contribution < -0.4 is 0 Å². The van der Waals surface area contributed by atoms with Gasteiger partial charge in [0.05, 0.1) is 0 Å². The van der Waals surface area contributed by atoms with Crippen LogP contribution in [0.5, 0.6) is 0 Å². The average molecular weight is 1050 g/mol. The fourth-order valence-corrected chi connectivity index (χ4v) is 10.0. The van der Waals surface area contributed by atoms with Crippen molar-refractivity contribution in [1.29, 1.82) is 0 Å². The van der Waals surface area contributed by atoms with Crippen molar-refractivity contribution < 1.29 is 0 Å². The molecule has 9 aromatic carbocycles. The minimum absolute atomic E-state index is 0.964. The molecule has 0 heterocycles. The molecule has 0 nitrogen and oxygen atoms in total. The fraction of sp³-hybridized carbons (Fsp3) is 0.175. The van der Waals surface area contributed by atoms with Gasteiger partial charge in [-0.25, -0.2) is 0 Å². The lowest BCUT2D eigenvalue weighted by Gasteiger charge is -2.18. The highest BCUT2D eigenvalue weighted by Gasteiger charge is 2.15.